The lowest BCUT2D eigenvalue weighted by Crippen LogP contribution is -2.49. The van der Waals surface area contributed by atoms with Gasteiger partial charge in [-0.1, -0.05) is 31.5 Å². The van der Waals surface area contributed by atoms with Crippen molar-refractivity contribution in [3.8, 4) is 17.2 Å². The third-order valence-electron chi connectivity index (χ3n) is 12.5. The number of rotatable bonds is 14. The minimum absolute atomic E-state index is 0.0835. The molecule has 11 nitrogen and oxygen atoms in total. The Morgan fingerprint density at radius 2 is 1.68 bits per heavy atom. The normalized spacial score (nSPS) is 18.9. The Morgan fingerprint density at radius 1 is 0.917 bits per heavy atom. The third kappa shape index (κ3) is 9.36. The van der Waals surface area contributed by atoms with Gasteiger partial charge in [0.1, 0.15) is 17.3 Å². The largest absolute Gasteiger partial charge is 0.508 e. The summed E-state index contributed by atoms with van der Waals surface area (Å²) in [5.41, 5.74) is 5.32. The van der Waals surface area contributed by atoms with Crippen molar-refractivity contribution in [2.24, 2.45) is 11.8 Å². The van der Waals surface area contributed by atoms with E-state index in [-0.39, 0.29) is 47.6 Å². The molecule has 7 rings (SSSR count). The van der Waals surface area contributed by atoms with Gasteiger partial charge in [0.05, 0.1) is 19.4 Å². The van der Waals surface area contributed by atoms with Gasteiger partial charge in [-0.05, 0) is 96.8 Å². The monoisotopic (exact) mass is 823 g/mol. The predicted octanol–water partition coefficient (Wildman–Crippen LogP) is 6.62. The first kappa shape index (κ1) is 42.4. The summed E-state index contributed by atoms with van der Waals surface area (Å²) in [7, 11) is 3.02. The number of fused-ring (bicyclic) bond motifs is 1. The summed E-state index contributed by atoms with van der Waals surface area (Å²) in [4.78, 5) is 43.4. The van der Waals surface area contributed by atoms with Crippen molar-refractivity contribution in [2.45, 2.75) is 50.9 Å². The summed E-state index contributed by atoms with van der Waals surface area (Å²) in [6.45, 7) is 8.18. The second-order valence-corrected chi connectivity index (χ2v) is 16.2. The molecule has 0 aliphatic carbocycles. The quantitative estimate of drug-likeness (QED) is 0.121. The Kier molecular flexibility index (Phi) is 13.5. The highest BCUT2D eigenvalue weighted by atomic mass is 19.1. The molecule has 3 amide bonds. The van der Waals surface area contributed by atoms with Crippen molar-refractivity contribution in [2.75, 3.05) is 76.4 Å². The second kappa shape index (κ2) is 19.1. The molecule has 2 saturated heterocycles. The number of halogens is 2. The van der Waals surface area contributed by atoms with Gasteiger partial charge in [-0.15, -0.1) is 0 Å². The highest BCUT2D eigenvalue weighted by Gasteiger charge is 2.35. The number of methoxy groups -OCH3 is 1. The molecule has 0 saturated carbocycles. The Hall–Kier alpha value is -5.69. The molecule has 3 N–H and O–H groups in total. The van der Waals surface area contributed by atoms with E-state index >= 15 is 4.39 Å². The first-order chi connectivity index (χ1) is 29.1. The average Bonchev–Trinajstić information content (AvgIpc) is 3.26. The number of aromatic hydroxyl groups is 1. The smallest absolute Gasteiger partial charge is 0.251 e. The summed E-state index contributed by atoms with van der Waals surface area (Å²) >= 11 is 0. The fraction of sp³-hybridized carbons (Fsp3) is 0.426. The molecule has 4 aromatic rings. The Labute approximate surface area is 350 Å². The number of nitrogens with one attached hydrogen (secondary N) is 2. The summed E-state index contributed by atoms with van der Waals surface area (Å²) in [6.07, 6.45) is 4.06. The number of benzene rings is 4. The van der Waals surface area contributed by atoms with E-state index in [1.54, 1.807) is 37.4 Å². The van der Waals surface area contributed by atoms with Gasteiger partial charge in [-0.2, -0.15) is 0 Å². The molecule has 4 aromatic carbocycles. The number of nitrogens with zero attached hydrogens (tertiary/aromatic N) is 3. The van der Waals surface area contributed by atoms with Gasteiger partial charge in [-0.3, -0.25) is 24.6 Å². The lowest BCUT2D eigenvalue weighted by molar-refractivity contribution is -0.128. The standard InChI is InChI=1S/C47H55F2N5O6/c1-4-5-33(46(57)51-29-55)22-34-23-35(8-10-37(34)47(58)50-2)53-20-18-52(19-21-53)27-30-14-16-54(17-15-30)42-13-7-32(24-41(42)49)45-38-11-9-36(56)26-43(38)60-28-39(45)31-6-12-40(48)44(25-31)59-3/h6-13,23-26,29-30,33,39,45,56H,4-5,14-22,27-28H2,1-3H3,(H,50,58)(H,51,55,57). The van der Waals surface area contributed by atoms with E-state index in [0.29, 0.717) is 42.2 Å². The number of hydrogen-bond acceptors (Lipinski definition) is 9. The van der Waals surface area contributed by atoms with Crippen LogP contribution in [0.1, 0.15) is 77.1 Å². The van der Waals surface area contributed by atoms with Crippen LogP contribution in [-0.4, -0.2) is 94.8 Å². The van der Waals surface area contributed by atoms with Crippen LogP contribution in [-0.2, 0) is 16.0 Å². The third-order valence-corrected chi connectivity index (χ3v) is 12.5. The molecular weight excluding hydrogens is 769 g/mol. The highest BCUT2D eigenvalue weighted by Crippen LogP contribution is 2.48. The van der Waals surface area contributed by atoms with E-state index < -0.39 is 11.7 Å². The summed E-state index contributed by atoms with van der Waals surface area (Å²) in [6, 6.07) is 21.1. The van der Waals surface area contributed by atoms with Crippen LogP contribution in [0.15, 0.2) is 72.8 Å². The number of amides is 3. The molecule has 3 aliphatic heterocycles. The maximum absolute atomic E-state index is 16.2. The molecule has 0 radical (unpaired) electrons. The first-order valence-corrected chi connectivity index (χ1v) is 21.0. The van der Waals surface area contributed by atoms with Crippen molar-refractivity contribution in [3.63, 3.8) is 0 Å². The number of carbonyl (C=O) groups is 3. The zero-order valence-corrected chi connectivity index (χ0v) is 34.6. The number of carbonyl (C=O) groups excluding carboxylic acids is 3. The first-order valence-electron chi connectivity index (χ1n) is 21.0. The fourth-order valence-corrected chi connectivity index (χ4v) is 9.31. The van der Waals surface area contributed by atoms with Crippen molar-refractivity contribution in [1.82, 2.24) is 15.5 Å². The van der Waals surface area contributed by atoms with E-state index in [0.717, 1.165) is 93.0 Å². The van der Waals surface area contributed by atoms with Gasteiger partial charge < -0.3 is 29.7 Å². The number of imide groups is 1. The van der Waals surface area contributed by atoms with Gasteiger partial charge in [0.2, 0.25) is 12.3 Å². The van der Waals surface area contributed by atoms with Gasteiger partial charge >= 0.3 is 0 Å². The minimum atomic E-state index is -0.460. The molecule has 2 fully saturated rings. The Balaban J connectivity index is 0.972. The molecule has 13 heteroatoms. The number of phenols is 1. The van der Waals surface area contributed by atoms with Crippen molar-refractivity contribution in [3.05, 3.63) is 112 Å². The van der Waals surface area contributed by atoms with Crippen LogP contribution in [0, 0.1) is 23.5 Å². The van der Waals surface area contributed by atoms with E-state index in [2.05, 4.69) is 25.3 Å². The highest BCUT2D eigenvalue weighted by molar-refractivity contribution is 5.96. The molecule has 3 aliphatic rings. The number of piperidine rings is 1. The summed E-state index contributed by atoms with van der Waals surface area (Å²) in [5, 5.41) is 15.2. The number of phenolic OH excluding ortho intramolecular Hbond substituents is 1. The molecule has 318 valence electrons. The lowest BCUT2D eigenvalue weighted by atomic mass is 9.75. The van der Waals surface area contributed by atoms with E-state index in [1.165, 1.54) is 13.2 Å². The fourth-order valence-electron chi connectivity index (χ4n) is 9.31. The van der Waals surface area contributed by atoms with Gasteiger partial charge in [0, 0.05) is 93.5 Å². The summed E-state index contributed by atoms with van der Waals surface area (Å²) < 4.78 is 41.9. The Morgan fingerprint density at radius 3 is 2.38 bits per heavy atom. The summed E-state index contributed by atoms with van der Waals surface area (Å²) in [5.74, 6) is -1.01. The van der Waals surface area contributed by atoms with Crippen molar-refractivity contribution >= 4 is 29.6 Å². The number of piperazine rings is 1. The Bertz CT molecular complexity index is 2170. The second-order valence-electron chi connectivity index (χ2n) is 16.2. The van der Waals surface area contributed by atoms with E-state index in [9.17, 15) is 23.9 Å². The molecule has 60 heavy (non-hydrogen) atoms. The van der Waals surface area contributed by atoms with E-state index in [4.69, 9.17) is 9.47 Å². The van der Waals surface area contributed by atoms with Crippen LogP contribution in [0.3, 0.4) is 0 Å². The molecule has 3 unspecified atom stereocenters. The zero-order chi connectivity index (χ0) is 42.3. The molecular formula is C47H55F2N5O6. The van der Waals surface area contributed by atoms with Crippen LogP contribution in [0.5, 0.6) is 17.2 Å². The molecule has 3 heterocycles. The topological polar surface area (TPSA) is 124 Å². The molecule has 0 aromatic heterocycles. The molecule has 0 spiro atoms. The minimum Gasteiger partial charge on any atom is -0.508 e. The number of anilines is 2. The maximum atomic E-state index is 16.2. The van der Waals surface area contributed by atoms with Crippen LogP contribution in [0.25, 0.3) is 0 Å². The maximum Gasteiger partial charge on any atom is 0.251 e. The zero-order valence-electron chi connectivity index (χ0n) is 34.6. The molecule has 0 bridgehead atoms. The van der Waals surface area contributed by atoms with Crippen molar-refractivity contribution in [1.29, 1.82) is 0 Å². The van der Waals surface area contributed by atoms with Gasteiger partial charge in [-0.25, -0.2) is 8.78 Å². The number of hydrogen-bond donors (Lipinski definition) is 3. The predicted molar refractivity (Wildman–Crippen MR) is 227 cm³/mol. The van der Waals surface area contributed by atoms with Crippen molar-refractivity contribution < 1.29 is 37.7 Å². The lowest BCUT2D eigenvalue weighted by Gasteiger charge is -2.40. The van der Waals surface area contributed by atoms with Gasteiger partial charge in [0.15, 0.2) is 11.6 Å². The SMILES string of the molecule is CCCC(Cc1cc(N2CCN(CC3CCN(c4ccc(C5c6ccc(O)cc6OCC5c5ccc(F)c(OC)c5)cc4F)CC3)CC2)ccc1C(=O)NC)C(=O)NC=O. The van der Waals surface area contributed by atoms with Crippen LogP contribution in [0.2, 0.25) is 0 Å². The van der Waals surface area contributed by atoms with Gasteiger partial charge in [0.25, 0.3) is 5.91 Å². The van der Waals surface area contributed by atoms with E-state index in [1.807, 2.05) is 43.3 Å². The van der Waals surface area contributed by atoms with Crippen LogP contribution < -0.4 is 29.9 Å². The van der Waals surface area contributed by atoms with Crippen LogP contribution in [0.4, 0.5) is 20.2 Å². The van der Waals surface area contributed by atoms with Crippen LogP contribution >= 0.6 is 0 Å². The number of ether oxygens (including phenoxy) is 2. The average molecular weight is 824 g/mol. The molecule has 3 atom stereocenters.